The first-order valence-electron chi connectivity index (χ1n) is 9.24. The Morgan fingerprint density at radius 1 is 1.03 bits per heavy atom. The Balaban J connectivity index is 1.58. The fraction of sp³-hybridized carbons (Fsp3) is 0.0909. The number of thiazole rings is 1. The van der Waals surface area contributed by atoms with E-state index in [2.05, 4.69) is 10.3 Å². The van der Waals surface area contributed by atoms with Gasteiger partial charge in [0.2, 0.25) is 10.0 Å². The molecule has 31 heavy (non-hydrogen) atoms. The van der Waals surface area contributed by atoms with Crippen molar-refractivity contribution in [1.82, 2.24) is 9.29 Å². The minimum atomic E-state index is -3.78. The van der Waals surface area contributed by atoms with Gasteiger partial charge in [-0.1, -0.05) is 48.0 Å². The minimum absolute atomic E-state index is 0.0538. The van der Waals surface area contributed by atoms with E-state index >= 15 is 0 Å². The number of rotatable bonds is 5. The summed E-state index contributed by atoms with van der Waals surface area (Å²) in [6, 6.07) is 18.3. The van der Waals surface area contributed by atoms with E-state index < -0.39 is 15.9 Å². The van der Waals surface area contributed by atoms with Crippen LogP contribution in [-0.4, -0.2) is 37.7 Å². The molecule has 9 heteroatoms. The van der Waals surface area contributed by atoms with Crippen molar-refractivity contribution in [3.8, 4) is 11.3 Å². The number of nitrogens with one attached hydrogen (secondary N) is 1. The van der Waals surface area contributed by atoms with Gasteiger partial charge >= 0.3 is 0 Å². The van der Waals surface area contributed by atoms with E-state index in [-0.39, 0.29) is 15.5 Å². The summed E-state index contributed by atoms with van der Waals surface area (Å²) in [6.07, 6.45) is 0. The van der Waals surface area contributed by atoms with Gasteiger partial charge in [0.15, 0.2) is 5.13 Å². The van der Waals surface area contributed by atoms with Gasteiger partial charge in [0, 0.05) is 30.6 Å². The van der Waals surface area contributed by atoms with E-state index in [1.54, 1.807) is 0 Å². The molecule has 158 valence electrons. The molecule has 0 atom stereocenters. The van der Waals surface area contributed by atoms with Gasteiger partial charge in [-0.05, 0) is 35.0 Å². The molecule has 0 fully saturated rings. The second-order valence-corrected chi connectivity index (χ2v) is 10.4. The maximum absolute atomic E-state index is 12.7. The predicted octanol–water partition coefficient (Wildman–Crippen LogP) is 5.12. The van der Waals surface area contributed by atoms with Gasteiger partial charge in [0.1, 0.15) is 4.90 Å². The molecule has 1 amide bonds. The number of carbonyl (C=O) groups is 1. The predicted molar refractivity (Wildman–Crippen MR) is 125 cm³/mol. The molecule has 6 nitrogen and oxygen atoms in total. The van der Waals surface area contributed by atoms with Crippen LogP contribution in [0.25, 0.3) is 22.0 Å². The molecule has 0 aliphatic carbocycles. The van der Waals surface area contributed by atoms with E-state index in [4.69, 9.17) is 11.6 Å². The van der Waals surface area contributed by atoms with Crippen molar-refractivity contribution < 1.29 is 13.2 Å². The number of carbonyl (C=O) groups excluding carboxylic acids is 1. The lowest BCUT2D eigenvalue weighted by molar-refractivity contribution is 0.102. The van der Waals surface area contributed by atoms with Crippen LogP contribution in [0, 0.1) is 0 Å². The number of benzene rings is 3. The van der Waals surface area contributed by atoms with E-state index in [0.717, 1.165) is 26.3 Å². The van der Waals surface area contributed by atoms with E-state index in [1.807, 2.05) is 47.8 Å². The molecule has 1 aromatic heterocycles. The summed E-state index contributed by atoms with van der Waals surface area (Å²) >= 11 is 7.35. The summed E-state index contributed by atoms with van der Waals surface area (Å²) in [5.74, 6) is -0.466. The van der Waals surface area contributed by atoms with Crippen molar-refractivity contribution in [3.05, 3.63) is 76.6 Å². The van der Waals surface area contributed by atoms with Crippen LogP contribution in [0.3, 0.4) is 0 Å². The van der Waals surface area contributed by atoms with E-state index in [9.17, 15) is 13.2 Å². The molecule has 0 aliphatic heterocycles. The number of aromatic nitrogens is 1. The number of nitrogens with zero attached hydrogens (tertiary/aromatic N) is 2. The number of sulfonamides is 1. The average molecular weight is 472 g/mol. The van der Waals surface area contributed by atoms with Crippen LogP contribution in [-0.2, 0) is 10.0 Å². The Morgan fingerprint density at radius 3 is 2.52 bits per heavy atom. The Labute approximate surface area is 189 Å². The number of amides is 1. The van der Waals surface area contributed by atoms with Crippen LogP contribution < -0.4 is 5.32 Å². The minimum Gasteiger partial charge on any atom is -0.298 e. The molecule has 0 spiro atoms. The summed E-state index contributed by atoms with van der Waals surface area (Å²) in [5.41, 5.74) is 1.87. The number of hydrogen-bond donors (Lipinski definition) is 1. The number of anilines is 1. The Morgan fingerprint density at radius 2 is 1.77 bits per heavy atom. The lowest BCUT2D eigenvalue weighted by Gasteiger charge is -2.13. The highest BCUT2D eigenvalue weighted by atomic mass is 35.5. The van der Waals surface area contributed by atoms with E-state index in [1.165, 1.54) is 43.6 Å². The Kier molecular flexibility index (Phi) is 5.81. The summed E-state index contributed by atoms with van der Waals surface area (Å²) < 4.78 is 25.9. The van der Waals surface area contributed by atoms with E-state index in [0.29, 0.717) is 5.13 Å². The number of fused-ring (bicyclic) bond motifs is 1. The van der Waals surface area contributed by atoms with Crippen molar-refractivity contribution in [3.63, 3.8) is 0 Å². The van der Waals surface area contributed by atoms with Gasteiger partial charge in [-0.25, -0.2) is 17.7 Å². The molecule has 0 saturated heterocycles. The molecule has 4 rings (SSSR count). The van der Waals surface area contributed by atoms with Crippen molar-refractivity contribution in [2.24, 2.45) is 0 Å². The molecule has 0 radical (unpaired) electrons. The second-order valence-electron chi connectivity index (χ2n) is 6.99. The van der Waals surface area contributed by atoms with Crippen molar-refractivity contribution >= 4 is 54.8 Å². The molecule has 0 aliphatic rings. The SMILES string of the molecule is CN(C)S(=O)(=O)c1cc(C(=O)Nc2nc(-c3ccc4ccccc4c3)cs2)ccc1Cl. The van der Waals surface area contributed by atoms with Gasteiger partial charge in [-0.2, -0.15) is 0 Å². The highest BCUT2D eigenvalue weighted by Crippen LogP contribution is 2.29. The summed E-state index contributed by atoms with van der Waals surface area (Å²) in [6.45, 7) is 0. The molecule has 4 aromatic rings. The topological polar surface area (TPSA) is 79.4 Å². The molecule has 0 unspecified atom stereocenters. The standard InChI is InChI=1S/C22H18ClN3O3S2/c1-26(2)31(28,29)20-12-17(9-10-18(20)23)21(27)25-22-24-19(13-30-22)16-8-7-14-5-3-4-6-15(14)11-16/h3-13H,1-2H3,(H,24,25,27). The molecular formula is C22H18ClN3O3S2. The number of halogens is 1. The van der Waals surface area contributed by atoms with Crippen molar-refractivity contribution in [2.45, 2.75) is 4.90 Å². The summed E-state index contributed by atoms with van der Waals surface area (Å²) in [5, 5.41) is 7.31. The molecule has 1 N–H and O–H groups in total. The molecule has 1 heterocycles. The van der Waals surface area contributed by atoms with Gasteiger partial charge in [0.05, 0.1) is 10.7 Å². The Hall–Kier alpha value is -2.78. The highest BCUT2D eigenvalue weighted by molar-refractivity contribution is 7.89. The average Bonchev–Trinajstić information content (AvgIpc) is 3.21. The smallest absolute Gasteiger partial charge is 0.257 e. The number of hydrogen-bond acceptors (Lipinski definition) is 5. The van der Waals surface area contributed by atoms with Gasteiger partial charge in [0.25, 0.3) is 5.91 Å². The highest BCUT2D eigenvalue weighted by Gasteiger charge is 2.22. The third kappa shape index (κ3) is 4.33. The first kappa shape index (κ1) is 21.5. The quantitative estimate of drug-likeness (QED) is 0.438. The lowest BCUT2D eigenvalue weighted by Crippen LogP contribution is -2.23. The summed E-state index contributed by atoms with van der Waals surface area (Å²) in [7, 11) is -0.968. The van der Waals surface area contributed by atoms with Gasteiger partial charge in [-0.3, -0.25) is 10.1 Å². The first-order valence-corrected chi connectivity index (χ1v) is 11.9. The second kappa shape index (κ2) is 8.39. The molecule has 0 bridgehead atoms. The zero-order chi connectivity index (χ0) is 22.2. The first-order chi connectivity index (χ1) is 14.8. The normalized spacial score (nSPS) is 11.7. The van der Waals surface area contributed by atoms with Gasteiger partial charge in [-0.15, -0.1) is 11.3 Å². The fourth-order valence-corrected chi connectivity index (χ4v) is 5.13. The zero-order valence-corrected chi connectivity index (χ0v) is 19.1. The third-order valence-corrected chi connectivity index (χ3v) is 7.78. The third-order valence-electron chi connectivity index (χ3n) is 4.72. The van der Waals surface area contributed by atoms with Crippen molar-refractivity contribution in [2.75, 3.05) is 19.4 Å². The van der Waals surface area contributed by atoms with Crippen LogP contribution >= 0.6 is 22.9 Å². The molecular weight excluding hydrogens is 454 g/mol. The zero-order valence-electron chi connectivity index (χ0n) is 16.7. The largest absolute Gasteiger partial charge is 0.298 e. The van der Waals surface area contributed by atoms with Crippen LogP contribution in [0.1, 0.15) is 10.4 Å². The van der Waals surface area contributed by atoms with Gasteiger partial charge < -0.3 is 0 Å². The molecule has 0 saturated carbocycles. The van der Waals surface area contributed by atoms with Crippen LogP contribution in [0.4, 0.5) is 5.13 Å². The van der Waals surface area contributed by atoms with Crippen LogP contribution in [0.5, 0.6) is 0 Å². The summed E-state index contributed by atoms with van der Waals surface area (Å²) in [4.78, 5) is 17.1. The maximum Gasteiger partial charge on any atom is 0.257 e. The lowest BCUT2D eigenvalue weighted by atomic mass is 10.1. The van der Waals surface area contributed by atoms with Crippen molar-refractivity contribution in [1.29, 1.82) is 0 Å². The maximum atomic E-state index is 12.7. The van der Waals surface area contributed by atoms with Crippen LogP contribution in [0.2, 0.25) is 5.02 Å². The fourth-order valence-electron chi connectivity index (χ4n) is 3.02. The Bertz CT molecular complexity index is 1400. The monoisotopic (exact) mass is 471 g/mol. The van der Waals surface area contributed by atoms with Crippen LogP contribution in [0.15, 0.2) is 70.9 Å². The molecule has 3 aromatic carbocycles.